The van der Waals surface area contributed by atoms with Crippen molar-refractivity contribution in [3.05, 3.63) is 24.3 Å². The number of unbranched alkanes of at least 4 members (excludes halogenated alkanes) is 1. The number of sulfonamides is 1. The summed E-state index contributed by atoms with van der Waals surface area (Å²) in [5.74, 6) is 0. The number of nitrogens with two attached hydrogens (primary N) is 1. The number of urea groups is 1. The van der Waals surface area contributed by atoms with Crippen LogP contribution < -0.4 is 15.8 Å². The molecule has 0 bridgehead atoms. The van der Waals surface area contributed by atoms with Gasteiger partial charge in [0, 0.05) is 6.54 Å². The van der Waals surface area contributed by atoms with Crippen molar-refractivity contribution in [1.29, 1.82) is 0 Å². The fourth-order valence-electron chi connectivity index (χ4n) is 1.36. The van der Waals surface area contributed by atoms with E-state index in [0.29, 0.717) is 6.54 Å². The maximum atomic E-state index is 11.5. The average Bonchev–Trinajstić information content (AvgIpc) is 2.28. The first-order valence-corrected chi connectivity index (χ1v) is 7.16. The van der Waals surface area contributed by atoms with Crippen LogP contribution >= 0.6 is 0 Å². The highest BCUT2D eigenvalue weighted by Gasteiger charge is 2.14. The second kappa shape index (κ2) is 6.36. The molecule has 0 saturated carbocycles. The molecule has 1 aromatic rings. The molecule has 100 valence electrons. The van der Waals surface area contributed by atoms with Crippen LogP contribution in [0.15, 0.2) is 29.2 Å². The van der Waals surface area contributed by atoms with E-state index in [1.807, 2.05) is 6.92 Å². The van der Waals surface area contributed by atoms with Gasteiger partial charge in [0.2, 0.25) is 10.0 Å². The Bertz CT molecular complexity index is 514. The van der Waals surface area contributed by atoms with Crippen LogP contribution in [0.1, 0.15) is 19.8 Å². The molecular formula is C11H17N3O3S. The molecule has 2 amide bonds. The number of carbonyl (C=O) groups excluding carboxylic acids is 1. The first-order valence-electron chi connectivity index (χ1n) is 5.62. The average molecular weight is 271 g/mol. The maximum Gasteiger partial charge on any atom is 0.319 e. The third-order valence-corrected chi connectivity index (χ3v) is 3.23. The van der Waals surface area contributed by atoms with Gasteiger partial charge in [-0.15, -0.1) is 0 Å². The summed E-state index contributed by atoms with van der Waals surface area (Å²) in [6.45, 7) is 2.55. The Morgan fingerprint density at radius 1 is 1.33 bits per heavy atom. The van der Waals surface area contributed by atoms with Gasteiger partial charge >= 0.3 is 6.03 Å². The third kappa shape index (κ3) is 4.34. The molecule has 0 aliphatic heterocycles. The quantitative estimate of drug-likeness (QED) is 0.702. The van der Waals surface area contributed by atoms with Crippen LogP contribution in [0.25, 0.3) is 0 Å². The highest BCUT2D eigenvalue weighted by molar-refractivity contribution is 7.89. The number of benzene rings is 1. The summed E-state index contributed by atoms with van der Waals surface area (Å²) in [6.07, 6.45) is 1.83. The monoisotopic (exact) mass is 271 g/mol. The summed E-state index contributed by atoms with van der Waals surface area (Å²) < 4.78 is 22.6. The van der Waals surface area contributed by atoms with E-state index in [0.717, 1.165) is 12.8 Å². The van der Waals surface area contributed by atoms with Gasteiger partial charge < -0.3 is 10.6 Å². The van der Waals surface area contributed by atoms with Crippen LogP contribution in [-0.4, -0.2) is 21.0 Å². The van der Waals surface area contributed by atoms with Crippen LogP contribution in [0.2, 0.25) is 0 Å². The molecule has 18 heavy (non-hydrogen) atoms. The van der Waals surface area contributed by atoms with Crippen LogP contribution in [0, 0.1) is 0 Å². The minimum Gasteiger partial charge on any atom is -0.338 e. The number of anilines is 1. The van der Waals surface area contributed by atoms with Crippen LogP contribution in [0.3, 0.4) is 0 Å². The van der Waals surface area contributed by atoms with Gasteiger partial charge in [-0.3, -0.25) is 0 Å². The third-order valence-electron chi connectivity index (χ3n) is 2.26. The highest BCUT2D eigenvalue weighted by atomic mass is 32.2. The lowest BCUT2D eigenvalue weighted by Crippen LogP contribution is -2.30. The SMILES string of the molecule is CCCCNC(=O)Nc1ccccc1S(N)(=O)=O. The number of nitrogens with one attached hydrogen (secondary N) is 2. The van der Waals surface area contributed by atoms with E-state index < -0.39 is 16.1 Å². The molecule has 1 aromatic carbocycles. The van der Waals surface area contributed by atoms with Gasteiger partial charge in [0.15, 0.2) is 0 Å². The zero-order chi connectivity index (χ0) is 13.6. The first-order chi connectivity index (χ1) is 8.45. The molecular weight excluding hydrogens is 254 g/mol. The van der Waals surface area contributed by atoms with E-state index in [1.165, 1.54) is 12.1 Å². The molecule has 0 aliphatic carbocycles. The van der Waals surface area contributed by atoms with Gasteiger partial charge in [-0.25, -0.2) is 18.4 Å². The molecule has 0 aromatic heterocycles. The summed E-state index contributed by atoms with van der Waals surface area (Å²) in [4.78, 5) is 11.4. The molecule has 0 fully saturated rings. The van der Waals surface area contributed by atoms with E-state index in [1.54, 1.807) is 12.1 Å². The lowest BCUT2D eigenvalue weighted by Gasteiger charge is -2.10. The van der Waals surface area contributed by atoms with Gasteiger partial charge in [0.05, 0.1) is 5.69 Å². The van der Waals surface area contributed by atoms with Gasteiger partial charge in [-0.1, -0.05) is 25.5 Å². The smallest absolute Gasteiger partial charge is 0.319 e. The predicted molar refractivity (Wildman–Crippen MR) is 69.7 cm³/mol. The fourth-order valence-corrected chi connectivity index (χ4v) is 2.06. The molecule has 0 aliphatic rings. The van der Waals surface area contributed by atoms with Crippen molar-refractivity contribution < 1.29 is 13.2 Å². The summed E-state index contributed by atoms with van der Waals surface area (Å²) in [5, 5.41) is 10.1. The molecule has 0 heterocycles. The number of amides is 2. The van der Waals surface area contributed by atoms with E-state index >= 15 is 0 Å². The Morgan fingerprint density at radius 3 is 2.61 bits per heavy atom. The van der Waals surface area contributed by atoms with Gasteiger partial charge in [0.1, 0.15) is 4.90 Å². The first kappa shape index (κ1) is 14.5. The molecule has 0 spiro atoms. The molecule has 0 unspecified atom stereocenters. The molecule has 0 atom stereocenters. The largest absolute Gasteiger partial charge is 0.338 e. The highest BCUT2D eigenvalue weighted by Crippen LogP contribution is 2.18. The predicted octanol–water partition coefficient (Wildman–Crippen LogP) is 1.26. The summed E-state index contributed by atoms with van der Waals surface area (Å²) >= 11 is 0. The Hall–Kier alpha value is -1.60. The van der Waals surface area contributed by atoms with E-state index in [2.05, 4.69) is 10.6 Å². The molecule has 4 N–H and O–H groups in total. The van der Waals surface area contributed by atoms with Crippen molar-refractivity contribution in [3.8, 4) is 0 Å². The minimum absolute atomic E-state index is 0.101. The summed E-state index contributed by atoms with van der Waals surface area (Å²) in [5.41, 5.74) is 0.175. The molecule has 0 saturated heterocycles. The van der Waals surface area contributed by atoms with Crippen molar-refractivity contribution in [2.45, 2.75) is 24.7 Å². The van der Waals surface area contributed by atoms with Crippen molar-refractivity contribution in [1.82, 2.24) is 5.32 Å². The minimum atomic E-state index is -3.85. The zero-order valence-corrected chi connectivity index (χ0v) is 11.0. The molecule has 1 rings (SSSR count). The lowest BCUT2D eigenvalue weighted by molar-refractivity contribution is 0.252. The summed E-state index contributed by atoms with van der Waals surface area (Å²) in [6, 6.07) is 5.55. The standard InChI is InChI=1S/C11H17N3O3S/c1-2-3-8-13-11(15)14-9-6-4-5-7-10(9)18(12,16)17/h4-7H,2-3,8H2,1H3,(H2,12,16,17)(H2,13,14,15). The van der Waals surface area contributed by atoms with Gasteiger partial charge in [-0.05, 0) is 18.6 Å². The zero-order valence-electron chi connectivity index (χ0n) is 10.1. The number of rotatable bonds is 5. The fraction of sp³-hybridized carbons (Fsp3) is 0.364. The molecule has 7 heteroatoms. The van der Waals surface area contributed by atoms with Crippen molar-refractivity contribution >= 4 is 21.7 Å². The number of hydrogen-bond donors (Lipinski definition) is 3. The van der Waals surface area contributed by atoms with Crippen LogP contribution in [0.5, 0.6) is 0 Å². The Kier molecular flexibility index (Phi) is 5.11. The maximum absolute atomic E-state index is 11.5. The van der Waals surface area contributed by atoms with Crippen LogP contribution in [0.4, 0.5) is 10.5 Å². The van der Waals surface area contributed by atoms with Crippen molar-refractivity contribution in [3.63, 3.8) is 0 Å². The number of primary sulfonamides is 1. The van der Waals surface area contributed by atoms with E-state index in [4.69, 9.17) is 5.14 Å². The normalized spacial score (nSPS) is 11.0. The topological polar surface area (TPSA) is 101 Å². The molecule has 0 radical (unpaired) electrons. The van der Waals surface area contributed by atoms with Crippen molar-refractivity contribution in [2.24, 2.45) is 5.14 Å². The van der Waals surface area contributed by atoms with Crippen molar-refractivity contribution in [2.75, 3.05) is 11.9 Å². The summed E-state index contributed by atoms with van der Waals surface area (Å²) in [7, 11) is -3.85. The van der Waals surface area contributed by atoms with Gasteiger partial charge in [-0.2, -0.15) is 0 Å². The Balaban J connectivity index is 2.76. The second-order valence-corrected chi connectivity index (χ2v) is 5.31. The molecule has 6 nitrogen and oxygen atoms in total. The van der Waals surface area contributed by atoms with E-state index in [-0.39, 0.29) is 10.6 Å². The van der Waals surface area contributed by atoms with Gasteiger partial charge in [0.25, 0.3) is 0 Å². The Labute approximate surface area is 107 Å². The Morgan fingerprint density at radius 2 is 2.00 bits per heavy atom. The second-order valence-electron chi connectivity index (χ2n) is 3.78. The van der Waals surface area contributed by atoms with Crippen LogP contribution in [-0.2, 0) is 10.0 Å². The number of para-hydroxylation sites is 1. The number of hydrogen-bond acceptors (Lipinski definition) is 3. The number of carbonyl (C=O) groups is 1. The van der Waals surface area contributed by atoms with E-state index in [9.17, 15) is 13.2 Å². The lowest BCUT2D eigenvalue weighted by atomic mass is 10.3.